The highest BCUT2D eigenvalue weighted by Crippen LogP contribution is 2.30. The van der Waals surface area contributed by atoms with E-state index in [9.17, 15) is 18.8 Å². The number of carbonyl (C=O) groups excluding carboxylic acids is 2. The smallest absolute Gasteiger partial charge is 0.410 e. The van der Waals surface area contributed by atoms with Gasteiger partial charge < -0.3 is 30.3 Å². The third kappa shape index (κ3) is 8.47. The van der Waals surface area contributed by atoms with Gasteiger partial charge in [-0.05, 0) is 108 Å². The fourth-order valence-electron chi connectivity index (χ4n) is 8.06. The molecule has 3 N–H and O–H groups in total. The van der Waals surface area contributed by atoms with Crippen LogP contribution in [0.5, 0.6) is 5.75 Å². The number of amides is 2. The van der Waals surface area contributed by atoms with Crippen LogP contribution in [0.1, 0.15) is 74.8 Å². The summed E-state index contributed by atoms with van der Waals surface area (Å²) in [7, 11) is 1.39. The van der Waals surface area contributed by atoms with Crippen LogP contribution in [-0.4, -0.2) is 110 Å². The molecule has 0 radical (unpaired) electrons. The second-order valence-electron chi connectivity index (χ2n) is 16.0. The van der Waals surface area contributed by atoms with Crippen molar-refractivity contribution in [1.29, 1.82) is 0 Å². The van der Waals surface area contributed by atoms with Gasteiger partial charge in [-0.2, -0.15) is 0 Å². The molecule has 3 saturated heterocycles. The van der Waals surface area contributed by atoms with Crippen molar-refractivity contribution in [2.45, 2.75) is 77.1 Å². The Kier molecular flexibility index (Phi) is 11.1. The van der Waals surface area contributed by atoms with E-state index in [2.05, 4.69) is 25.1 Å². The third-order valence-corrected chi connectivity index (χ3v) is 11.2. The molecule has 3 aliphatic rings. The second-order valence-corrected chi connectivity index (χ2v) is 16.0. The summed E-state index contributed by atoms with van der Waals surface area (Å²) in [4.78, 5) is 54.9. The number of nitrogens with zero attached hydrogens (tertiary/aromatic N) is 7. The molecule has 14 nitrogen and oxygen atoms in total. The first kappa shape index (κ1) is 38.3. The van der Waals surface area contributed by atoms with E-state index in [1.807, 2.05) is 45.0 Å². The van der Waals surface area contributed by atoms with E-state index in [-0.39, 0.29) is 41.5 Å². The number of likely N-dealkylation sites (tertiary alicyclic amines) is 3. The number of nitrogen functional groups attached to an aromatic ring is 1. The van der Waals surface area contributed by atoms with E-state index in [0.29, 0.717) is 28.8 Å². The highest BCUT2D eigenvalue weighted by molar-refractivity contribution is 5.96. The maximum atomic E-state index is 14.2. The average molecular weight is 758 g/mol. The van der Waals surface area contributed by atoms with Gasteiger partial charge in [-0.3, -0.25) is 18.8 Å². The van der Waals surface area contributed by atoms with Gasteiger partial charge >= 0.3 is 11.8 Å². The first-order valence-electron chi connectivity index (χ1n) is 19.3. The lowest BCUT2D eigenvalue weighted by atomic mass is 9.91. The van der Waals surface area contributed by atoms with Gasteiger partial charge in [-0.25, -0.2) is 23.9 Å². The van der Waals surface area contributed by atoms with Crippen molar-refractivity contribution in [2.75, 3.05) is 58.7 Å². The molecule has 0 aliphatic carbocycles. The van der Waals surface area contributed by atoms with Crippen molar-refractivity contribution in [2.24, 2.45) is 5.92 Å². The summed E-state index contributed by atoms with van der Waals surface area (Å²) < 4.78 is 27.6. The predicted molar refractivity (Wildman–Crippen MR) is 207 cm³/mol. The van der Waals surface area contributed by atoms with Gasteiger partial charge in [-0.1, -0.05) is 12.1 Å². The summed E-state index contributed by atoms with van der Waals surface area (Å²) in [6.07, 6.45) is 6.36. The summed E-state index contributed by atoms with van der Waals surface area (Å²) in [6.45, 7) is 12.4. The molecule has 15 heteroatoms. The number of methoxy groups -OCH3 is 1. The number of nitrogens with one attached hydrogen (secondary N) is 1. The number of hydrogen-bond donors (Lipinski definition) is 2. The van der Waals surface area contributed by atoms with Crippen LogP contribution in [-0.2, 0) is 11.3 Å². The maximum absolute atomic E-state index is 14.2. The van der Waals surface area contributed by atoms with E-state index in [4.69, 9.17) is 15.2 Å². The maximum Gasteiger partial charge on any atom is 0.410 e. The molecule has 2 aromatic heterocycles. The van der Waals surface area contributed by atoms with Gasteiger partial charge in [0.1, 0.15) is 29.0 Å². The van der Waals surface area contributed by atoms with Gasteiger partial charge in [-0.15, -0.1) is 0 Å². The molecule has 7 rings (SSSR count). The SMILES string of the molecule is COc1cc(F)ccc1C(=O)NCc1ccc(-n2c(=O)n(C3CCN(CCC4CCN(C5CN(C(=O)OC(C)(C)C)C5)CC4)CC3)c3ncnc(N)c32)cc1. The monoisotopic (exact) mass is 757 g/mol. The Bertz CT molecular complexity index is 2060. The Morgan fingerprint density at radius 2 is 1.67 bits per heavy atom. The molecule has 294 valence electrons. The standard InChI is InChI=1S/C40H52FN9O5/c1-40(2,3)55-39(53)48-23-31(24-48)47-19-12-26(13-20-47)11-16-46-17-14-30(15-18-46)50-36-34(35(42)44-25-45-36)49(38(50)52)29-8-5-27(6-9-29)22-43-37(51)32-10-7-28(41)21-33(32)54-4/h5-10,21,25-26,30-31H,11-20,22-24H2,1-4H3,(H,43,51)(H2,42,44,45). The Balaban J connectivity index is 0.923. The number of halogens is 1. The summed E-state index contributed by atoms with van der Waals surface area (Å²) in [5.74, 6) is 0.193. The van der Waals surface area contributed by atoms with Crippen LogP contribution in [0.4, 0.5) is 15.0 Å². The number of ether oxygens (including phenoxy) is 2. The summed E-state index contributed by atoms with van der Waals surface area (Å²) in [6, 6.07) is 11.5. The molecule has 3 fully saturated rings. The van der Waals surface area contributed by atoms with Crippen LogP contribution >= 0.6 is 0 Å². The minimum atomic E-state index is -0.489. The van der Waals surface area contributed by atoms with Crippen LogP contribution in [0.25, 0.3) is 16.9 Å². The fourth-order valence-corrected chi connectivity index (χ4v) is 8.06. The van der Waals surface area contributed by atoms with Crippen molar-refractivity contribution < 1.29 is 23.5 Å². The van der Waals surface area contributed by atoms with Crippen LogP contribution in [0.15, 0.2) is 53.6 Å². The number of rotatable bonds is 10. The lowest BCUT2D eigenvalue weighted by Crippen LogP contribution is -2.62. The van der Waals surface area contributed by atoms with Crippen molar-refractivity contribution >= 4 is 29.0 Å². The van der Waals surface area contributed by atoms with Crippen molar-refractivity contribution in [3.8, 4) is 11.4 Å². The number of nitrogens with two attached hydrogens (primary N) is 1. The molecule has 0 bridgehead atoms. The molecular weight excluding hydrogens is 705 g/mol. The number of carbonyl (C=O) groups is 2. The third-order valence-electron chi connectivity index (χ3n) is 11.2. The Labute approximate surface area is 320 Å². The van der Waals surface area contributed by atoms with Gasteiger partial charge in [0.2, 0.25) is 0 Å². The topological polar surface area (TPSA) is 153 Å². The zero-order valence-electron chi connectivity index (χ0n) is 32.2. The van der Waals surface area contributed by atoms with E-state index >= 15 is 0 Å². The van der Waals surface area contributed by atoms with Gasteiger partial charge in [0, 0.05) is 50.9 Å². The summed E-state index contributed by atoms with van der Waals surface area (Å²) in [5.41, 5.74) is 8.35. The van der Waals surface area contributed by atoms with Gasteiger partial charge in [0.25, 0.3) is 5.91 Å². The zero-order valence-corrected chi connectivity index (χ0v) is 32.2. The number of imidazole rings is 1. The van der Waals surface area contributed by atoms with Crippen LogP contribution in [0.3, 0.4) is 0 Å². The first-order chi connectivity index (χ1) is 26.4. The van der Waals surface area contributed by atoms with Crippen molar-refractivity contribution in [1.82, 2.24) is 39.1 Å². The number of hydrogen-bond acceptors (Lipinski definition) is 10. The number of benzene rings is 2. The average Bonchev–Trinajstić information content (AvgIpc) is 3.45. The number of aromatic nitrogens is 4. The fraction of sp³-hybridized carbons (Fsp3) is 0.525. The van der Waals surface area contributed by atoms with E-state index in [1.165, 1.54) is 44.5 Å². The minimum Gasteiger partial charge on any atom is -0.496 e. The molecule has 55 heavy (non-hydrogen) atoms. The number of piperidine rings is 2. The zero-order chi connectivity index (χ0) is 38.9. The molecule has 0 saturated carbocycles. The summed E-state index contributed by atoms with van der Waals surface area (Å²) in [5, 5.41) is 2.84. The largest absolute Gasteiger partial charge is 0.496 e. The van der Waals surface area contributed by atoms with Gasteiger partial charge in [0.15, 0.2) is 11.5 Å². The number of anilines is 1. The van der Waals surface area contributed by atoms with Gasteiger partial charge in [0.05, 0.1) is 18.4 Å². The molecule has 3 aliphatic heterocycles. The normalized spacial score (nSPS) is 18.0. The van der Waals surface area contributed by atoms with Crippen LogP contribution < -0.4 is 21.5 Å². The Morgan fingerprint density at radius 1 is 0.964 bits per heavy atom. The highest BCUT2D eigenvalue weighted by Gasteiger charge is 2.38. The quantitative estimate of drug-likeness (QED) is 0.235. The molecule has 2 aromatic carbocycles. The molecule has 0 spiro atoms. The number of fused-ring (bicyclic) bond motifs is 1. The summed E-state index contributed by atoms with van der Waals surface area (Å²) >= 11 is 0. The molecular formula is C40H52FN9O5. The molecule has 0 unspecified atom stereocenters. The minimum absolute atomic E-state index is 0.0225. The van der Waals surface area contributed by atoms with E-state index in [1.54, 1.807) is 14.0 Å². The second kappa shape index (κ2) is 16.0. The molecule has 2 amide bonds. The first-order valence-corrected chi connectivity index (χ1v) is 19.3. The van der Waals surface area contributed by atoms with Crippen LogP contribution in [0, 0.1) is 11.7 Å². The van der Waals surface area contributed by atoms with Crippen molar-refractivity contribution in [3.63, 3.8) is 0 Å². The lowest BCUT2D eigenvalue weighted by molar-refractivity contribution is -0.0221. The lowest BCUT2D eigenvalue weighted by Gasteiger charge is -2.47. The van der Waals surface area contributed by atoms with E-state index < -0.39 is 17.3 Å². The molecule has 0 atom stereocenters. The molecule has 5 heterocycles. The van der Waals surface area contributed by atoms with E-state index in [0.717, 1.165) is 70.6 Å². The van der Waals surface area contributed by atoms with Crippen LogP contribution in [0.2, 0.25) is 0 Å². The Morgan fingerprint density at radius 3 is 2.35 bits per heavy atom. The highest BCUT2D eigenvalue weighted by atomic mass is 19.1. The predicted octanol–water partition coefficient (Wildman–Crippen LogP) is 4.60. The molecule has 4 aromatic rings. The Hall–Kier alpha value is -5.02. The van der Waals surface area contributed by atoms with Crippen molar-refractivity contribution in [3.05, 3.63) is 76.2 Å².